The zero-order valence-electron chi connectivity index (χ0n) is 11.8. The third-order valence-corrected chi connectivity index (χ3v) is 5.28. The molecule has 0 spiro atoms. The normalized spacial score (nSPS) is 16.1. The topological polar surface area (TPSA) is 12.0 Å². The third-order valence-electron chi connectivity index (χ3n) is 3.72. The number of hydrogen-bond acceptors (Lipinski definition) is 2. The quantitative estimate of drug-likeness (QED) is 0.553. The molecule has 1 aromatic rings. The Morgan fingerprint density at radius 2 is 2.11 bits per heavy atom. The fraction of sp³-hybridized carbons (Fsp3) is 0.625. The second-order valence-electron chi connectivity index (χ2n) is 5.39. The van der Waals surface area contributed by atoms with Gasteiger partial charge in [-0.15, -0.1) is 11.8 Å². The Balaban J connectivity index is 1.93. The molecular weight excluding hydrogens is 274 g/mol. The van der Waals surface area contributed by atoms with Gasteiger partial charge in [-0.05, 0) is 49.4 Å². The number of hydrogen-bond donors (Lipinski definition) is 1. The minimum absolute atomic E-state index is 0.855. The summed E-state index contributed by atoms with van der Waals surface area (Å²) in [5.41, 5.74) is 1.39. The van der Waals surface area contributed by atoms with Crippen molar-refractivity contribution in [2.75, 3.05) is 12.3 Å². The van der Waals surface area contributed by atoms with Crippen LogP contribution in [0.1, 0.15) is 44.6 Å². The van der Waals surface area contributed by atoms with E-state index >= 15 is 0 Å². The molecule has 1 saturated carbocycles. The van der Waals surface area contributed by atoms with Crippen molar-refractivity contribution in [2.45, 2.75) is 50.5 Å². The maximum Gasteiger partial charge on any atom is 0.0417 e. The van der Waals surface area contributed by atoms with Gasteiger partial charge in [0.15, 0.2) is 0 Å². The van der Waals surface area contributed by atoms with Crippen LogP contribution in [-0.2, 0) is 6.54 Å². The molecule has 106 valence electrons. The first kappa shape index (κ1) is 15.2. The van der Waals surface area contributed by atoms with E-state index in [1.165, 1.54) is 48.3 Å². The van der Waals surface area contributed by atoms with Crippen molar-refractivity contribution in [3.05, 3.63) is 28.8 Å². The van der Waals surface area contributed by atoms with E-state index in [-0.39, 0.29) is 0 Å². The van der Waals surface area contributed by atoms with Gasteiger partial charge in [0.2, 0.25) is 0 Å². The zero-order valence-corrected chi connectivity index (χ0v) is 13.3. The first-order chi connectivity index (χ1) is 9.29. The summed E-state index contributed by atoms with van der Waals surface area (Å²) in [6.45, 7) is 4.23. The van der Waals surface area contributed by atoms with Crippen LogP contribution < -0.4 is 5.32 Å². The van der Waals surface area contributed by atoms with Gasteiger partial charge in [0, 0.05) is 22.2 Å². The van der Waals surface area contributed by atoms with Gasteiger partial charge in [0.05, 0.1) is 0 Å². The van der Waals surface area contributed by atoms with Gasteiger partial charge in [-0.2, -0.15) is 0 Å². The van der Waals surface area contributed by atoms with Gasteiger partial charge >= 0.3 is 0 Å². The summed E-state index contributed by atoms with van der Waals surface area (Å²) in [5.74, 6) is 2.17. The number of thioether (sulfide) groups is 1. The number of benzene rings is 1. The Hall–Kier alpha value is -0.180. The van der Waals surface area contributed by atoms with Crippen molar-refractivity contribution < 1.29 is 0 Å². The predicted molar refractivity (Wildman–Crippen MR) is 86.1 cm³/mol. The van der Waals surface area contributed by atoms with Crippen LogP contribution in [0.5, 0.6) is 0 Å². The molecule has 3 heteroatoms. The third kappa shape index (κ3) is 5.02. The summed E-state index contributed by atoms with van der Waals surface area (Å²) >= 11 is 8.13. The highest BCUT2D eigenvalue weighted by atomic mass is 35.5. The Labute approximate surface area is 126 Å². The van der Waals surface area contributed by atoms with Crippen LogP contribution in [0.3, 0.4) is 0 Å². The number of halogens is 1. The van der Waals surface area contributed by atoms with E-state index in [1.54, 1.807) is 0 Å². The van der Waals surface area contributed by atoms with Crippen LogP contribution in [0, 0.1) is 5.92 Å². The molecule has 0 atom stereocenters. The van der Waals surface area contributed by atoms with Gasteiger partial charge < -0.3 is 5.32 Å². The Morgan fingerprint density at radius 1 is 1.32 bits per heavy atom. The second-order valence-corrected chi connectivity index (χ2v) is 6.89. The Morgan fingerprint density at radius 3 is 2.84 bits per heavy atom. The van der Waals surface area contributed by atoms with Crippen LogP contribution in [0.4, 0.5) is 0 Å². The van der Waals surface area contributed by atoms with E-state index in [0.29, 0.717) is 0 Å². The maximum absolute atomic E-state index is 6.14. The summed E-state index contributed by atoms with van der Waals surface area (Å²) in [4.78, 5) is 1.36. The van der Waals surface area contributed by atoms with Crippen LogP contribution in [-0.4, -0.2) is 12.3 Å². The molecule has 0 saturated heterocycles. The summed E-state index contributed by atoms with van der Waals surface area (Å²) in [5, 5.41) is 4.34. The Bertz CT molecular complexity index is 388. The fourth-order valence-electron chi connectivity index (χ4n) is 2.59. The molecule has 1 aliphatic carbocycles. The smallest absolute Gasteiger partial charge is 0.0417 e. The lowest BCUT2D eigenvalue weighted by atomic mass is 10.1. The van der Waals surface area contributed by atoms with E-state index in [9.17, 15) is 0 Å². The van der Waals surface area contributed by atoms with Gasteiger partial charge in [-0.1, -0.05) is 37.4 Å². The summed E-state index contributed by atoms with van der Waals surface area (Å²) in [7, 11) is 0. The van der Waals surface area contributed by atoms with Crippen molar-refractivity contribution in [1.82, 2.24) is 5.32 Å². The SMILES string of the molecule is CCCNCc1ccc(Cl)cc1SCC1CCCC1. The average molecular weight is 298 g/mol. The van der Waals surface area contributed by atoms with Crippen LogP contribution in [0.15, 0.2) is 23.1 Å². The van der Waals surface area contributed by atoms with Crippen LogP contribution in [0.25, 0.3) is 0 Å². The summed E-state index contributed by atoms with van der Waals surface area (Å²) < 4.78 is 0. The largest absolute Gasteiger partial charge is 0.313 e. The highest BCUT2D eigenvalue weighted by molar-refractivity contribution is 7.99. The molecule has 19 heavy (non-hydrogen) atoms. The molecule has 0 radical (unpaired) electrons. The predicted octanol–water partition coefficient (Wildman–Crippen LogP) is 5.12. The van der Waals surface area contributed by atoms with Gasteiger partial charge in [0.1, 0.15) is 0 Å². The lowest BCUT2D eigenvalue weighted by Gasteiger charge is -2.13. The molecule has 0 unspecified atom stereocenters. The molecule has 0 bridgehead atoms. The minimum Gasteiger partial charge on any atom is -0.313 e. The highest BCUT2D eigenvalue weighted by Crippen LogP contribution is 2.33. The van der Waals surface area contributed by atoms with E-state index in [4.69, 9.17) is 11.6 Å². The molecule has 1 nitrogen and oxygen atoms in total. The van der Waals surface area contributed by atoms with Crippen molar-refractivity contribution in [1.29, 1.82) is 0 Å². The maximum atomic E-state index is 6.14. The number of nitrogens with one attached hydrogen (secondary N) is 1. The lowest BCUT2D eigenvalue weighted by Crippen LogP contribution is -2.14. The van der Waals surface area contributed by atoms with Crippen LogP contribution >= 0.6 is 23.4 Å². The van der Waals surface area contributed by atoms with Crippen molar-refractivity contribution in [3.63, 3.8) is 0 Å². The highest BCUT2D eigenvalue weighted by Gasteiger charge is 2.15. The van der Waals surface area contributed by atoms with Gasteiger partial charge in [-0.25, -0.2) is 0 Å². The van der Waals surface area contributed by atoms with E-state index < -0.39 is 0 Å². The van der Waals surface area contributed by atoms with Gasteiger partial charge in [0.25, 0.3) is 0 Å². The number of rotatable bonds is 7. The minimum atomic E-state index is 0.855. The standard InChI is InChI=1S/C16H24ClNS/c1-2-9-18-11-14-7-8-15(17)10-16(14)19-12-13-5-3-4-6-13/h7-8,10,13,18H,2-6,9,11-12H2,1H3. The molecule has 1 aromatic carbocycles. The van der Waals surface area contributed by atoms with Crippen LogP contribution in [0.2, 0.25) is 5.02 Å². The average Bonchev–Trinajstić information content (AvgIpc) is 2.92. The van der Waals surface area contributed by atoms with E-state index in [2.05, 4.69) is 24.4 Å². The first-order valence-electron chi connectivity index (χ1n) is 7.41. The Kier molecular flexibility index (Phi) is 6.55. The van der Waals surface area contributed by atoms with Gasteiger partial charge in [-0.3, -0.25) is 0 Å². The van der Waals surface area contributed by atoms with Crippen molar-refractivity contribution in [2.24, 2.45) is 5.92 Å². The zero-order chi connectivity index (χ0) is 13.5. The molecule has 0 heterocycles. The second kappa shape index (κ2) is 8.18. The summed E-state index contributed by atoms with van der Waals surface area (Å²) in [6, 6.07) is 6.30. The fourth-order valence-corrected chi connectivity index (χ4v) is 4.11. The van der Waals surface area contributed by atoms with E-state index in [0.717, 1.165) is 24.0 Å². The molecule has 0 aromatic heterocycles. The molecule has 2 rings (SSSR count). The molecule has 0 aliphatic heterocycles. The molecule has 1 aliphatic rings. The lowest BCUT2D eigenvalue weighted by molar-refractivity contribution is 0.622. The molecule has 1 fully saturated rings. The summed E-state index contributed by atoms with van der Waals surface area (Å²) in [6.07, 6.45) is 6.85. The molecule has 1 N–H and O–H groups in total. The monoisotopic (exact) mass is 297 g/mol. The molecular formula is C16H24ClNS. The first-order valence-corrected chi connectivity index (χ1v) is 8.78. The van der Waals surface area contributed by atoms with Crippen molar-refractivity contribution in [3.8, 4) is 0 Å². The van der Waals surface area contributed by atoms with Crippen molar-refractivity contribution >= 4 is 23.4 Å². The molecule has 0 amide bonds. The van der Waals surface area contributed by atoms with E-state index in [1.807, 2.05) is 17.8 Å².